The summed E-state index contributed by atoms with van der Waals surface area (Å²) < 4.78 is 5.13. The highest BCUT2D eigenvalue weighted by Crippen LogP contribution is 2.24. The van der Waals surface area contributed by atoms with Crippen molar-refractivity contribution >= 4 is 11.1 Å². The molecule has 0 spiro atoms. The Morgan fingerprint density at radius 3 is 2.84 bits per heavy atom. The van der Waals surface area contributed by atoms with Crippen LogP contribution in [-0.2, 0) is 0 Å². The lowest BCUT2D eigenvalue weighted by atomic mass is 9.96. The average Bonchev–Trinajstić information content (AvgIpc) is 2.73. The van der Waals surface area contributed by atoms with Gasteiger partial charge in [0, 0.05) is 6.04 Å². The number of hydrogen-bond donors (Lipinski definition) is 2. The highest BCUT2D eigenvalue weighted by molar-refractivity contribution is 5.72. The minimum atomic E-state index is -0.394. The zero-order valence-electron chi connectivity index (χ0n) is 11.8. The highest BCUT2D eigenvalue weighted by Gasteiger charge is 2.14. The Morgan fingerprint density at radius 2 is 2.16 bits per heavy atom. The molecule has 1 unspecified atom stereocenters. The van der Waals surface area contributed by atoms with Crippen LogP contribution in [0.4, 0.5) is 0 Å². The van der Waals surface area contributed by atoms with Crippen LogP contribution in [0.5, 0.6) is 0 Å². The van der Waals surface area contributed by atoms with Gasteiger partial charge in [-0.2, -0.15) is 0 Å². The normalized spacial score (nSPS) is 13.3. The van der Waals surface area contributed by atoms with E-state index in [1.807, 2.05) is 12.1 Å². The Balaban J connectivity index is 2.28. The molecule has 0 bridgehead atoms. The summed E-state index contributed by atoms with van der Waals surface area (Å²) in [6.45, 7) is 7.59. The van der Waals surface area contributed by atoms with Gasteiger partial charge in [0.1, 0.15) is 0 Å². The van der Waals surface area contributed by atoms with Crippen LogP contribution >= 0.6 is 0 Å². The maximum Gasteiger partial charge on any atom is 0.417 e. The van der Waals surface area contributed by atoms with E-state index in [-0.39, 0.29) is 0 Å². The second kappa shape index (κ2) is 6.06. The number of H-pyrrole nitrogens is 1. The van der Waals surface area contributed by atoms with Crippen LogP contribution in [0.15, 0.2) is 27.4 Å². The smallest absolute Gasteiger partial charge is 0.408 e. The van der Waals surface area contributed by atoms with Crippen LogP contribution in [0.3, 0.4) is 0 Å². The van der Waals surface area contributed by atoms with E-state index in [1.165, 1.54) is 5.56 Å². The second-order valence-electron chi connectivity index (χ2n) is 5.41. The Morgan fingerprint density at radius 1 is 1.37 bits per heavy atom. The van der Waals surface area contributed by atoms with Crippen molar-refractivity contribution in [3.63, 3.8) is 0 Å². The summed E-state index contributed by atoms with van der Waals surface area (Å²) in [6, 6.07) is 6.24. The summed E-state index contributed by atoms with van der Waals surface area (Å²) in [6.07, 6.45) is 2.18. The van der Waals surface area contributed by atoms with Gasteiger partial charge in [0.2, 0.25) is 0 Å². The number of benzene rings is 1. The Bertz CT molecular complexity index is 583. The maximum atomic E-state index is 11.2. The summed E-state index contributed by atoms with van der Waals surface area (Å²) in [4.78, 5) is 13.8. The third-order valence-electron chi connectivity index (χ3n) is 3.20. The largest absolute Gasteiger partial charge is 0.417 e. The average molecular weight is 262 g/mol. The van der Waals surface area contributed by atoms with E-state index in [0.29, 0.717) is 17.5 Å². The summed E-state index contributed by atoms with van der Waals surface area (Å²) >= 11 is 0. The minimum absolute atomic E-state index is 0.310. The molecule has 1 atom stereocenters. The molecule has 2 rings (SSSR count). The molecule has 0 aliphatic rings. The van der Waals surface area contributed by atoms with Gasteiger partial charge < -0.3 is 9.73 Å². The molecule has 4 nitrogen and oxygen atoms in total. The standard InChI is InChI=1S/C15H22N2O2/c1-4-7-16-13(8-10(2)3)11-5-6-12-14(9-11)19-15(18)17-12/h5-6,9-10,13,16H,4,7-8H2,1-3H3,(H,17,18). The first-order chi connectivity index (χ1) is 9.10. The molecule has 0 saturated carbocycles. The molecule has 0 aliphatic carbocycles. The van der Waals surface area contributed by atoms with E-state index < -0.39 is 5.76 Å². The summed E-state index contributed by atoms with van der Waals surface area (Å²) in [7, 11) is 0. The van der Waals surface area contributed by atoms with E-state index in [9.17, 15) is 4.79 Å². The number of hydrogen-bond acceptors (Lipinski definition) is 3. The van der Waals surface area contributed by atoms with Gasteiger partial charge in [0.05, 0.1) is 5.52 Å². The topological polar surface area (TPSA) is 58.0 Å². The summed E-state index contributed by atoms with van der Waals surface area (Å²) in [5.74, 6) is 0.220. The minimum Gasteiger partial charge on any atom is -0.408 e. The SMILES string of the molecule is CCCNC(CC(C)C)c1ccc2[nH]c(=O)oc2c1. The summed E-state index contributed by atoms with van der Waals surface area (Å²) in [5, 5.41) is 3.56. The number of oxazole rings is 1. The number of aromatic nitrogens is 1. The van der Waals surface area contributed by atoms with Crippen LogP contribution in [0.2, 0.25) is 0 Å². The lowest BCUT2D eigenvalue weighted by Gasteiger charge is -2.20. The van der Waals surface area contributed by atoms with E-state index in [4.69, 9.17) is 4.42 Å². The second-order valence-corrected chi connectivity index (χ2v) is 5.41. The Labute approximate surface area is 113 Å². The molecule has 19 heavy (non-hydrogen) atoms. The van der Waals surface area contributed by atoms with Gasteiger partial charge >= 0.3 is 5.76 Å². The van der Waals surface area contributed by atoms with Gasteiger partial charge in [-0.3, -0.25) is 4.98 Å². The third kappa shape index (κ3) is 3.47. The van der Waals surface area contributed by atoms with Gasteiger partial charge in [-0.1, -0.05) is 26.8 Å². The Hall–Kier alpha value is -1.55. The predicted octanol–water partition coefficient (Wildman–Crippen LogP) is 3.21. The molecule has 0 fully saturated rings. The fraction of sp³-hybridized carbons (Fsp3) is 0.533. The molecule has 0 saturated heterocycles. The van der Waals surface area contributed by atoms with Crippen LogP contribution < -0.4 is 11.1 Å². The van der Waals surface area contributed by atoms with Crippen LogP contribution in [-0.4, -0.2) is 11.5 Å². The molecule has 104 valence electrons. The molecule has 0 radical (unpaired) electrons. The maximum absolute atomic E-state index is 11.2. The monoisotopic (exact) mass is 262 g/mol. The van der Waals surface area contributed by atoms with E-state index in [2.05, 4.69) is 37.1 Å². The quantitative estimate of drug-likeness (QED) is 0.840. The molecular weight excluding hydrogens is 240 g/mol. The van der Waals surface area contributed by atoms with Crippen molar-refractivity contribution < 1.29 is 4.42 Å². The van der Waals surface area contributed by atoms with Crippen molar-refractivity contribution in [2.24, 2.45) is 5.92 Å². The van der Waals surface area contributed by atoms with Crippen LogP contribution in [0, 0.1) is 5.92 Å². The van der Waals surface area contributed by atoms with Crippen molar-refractivity contribution in [3.05, 3.63) is 34.3 Å². The van der Waals surface area contributed by atoms with Gasteiger partial charge in [-0.05, 0) is 43.0 Å². The first-order valence-electron chi connectivity index (χ1n) is 6.96. The van der Waals surface area contributed by atoms with Crippen molar-refractivity contribution in [1.29, 1.82) is 0 Å². The molecule has 1 aromatic carbocycles. The molecule has 1 heterocycles. The van der Waals surface area contributed by atoms with Crippen LogP contribution in [0.25, 0.3) is 11.1 Å². The number of nitrogens with one attached hydrogen (secondary N) is 2. The van der Waals surface area contributed by atoms with Gasteiger partial charge in [-0.15, -0.1) is 0 Å². The molecule has 0 amide bonds. The number of fused-ring (bicyclic) bond motifs is 1. The summed E-state index contributed by atoms with van der Waals surface area (Å²) in [5.41, 5.74) is 2.57. The molecule has 1 aromatic heterocycles. The van der Waals surface area contributed by atoms with E-state index in [0.717, 1.165) is 24.9 Å². The fourth-order valence-corrected chi connectivity index (χ4v) is 2.31. The zero-order chi connectivity index (χ0) is 13.8. The van der Waals surface area contributed by atoms with Crippen molar-refractivity contribution in [1.82, 2.24) is 10.3 Å². The lowest BCUT2D eigenvalue weighted by Crippen LogP contribution is -2.23. The molecule has 2 N–H and O–H groups in total. The van der Waals surface area contributed by atoms with Crippen molar-refractivity contribution in [2.45, 2.75) is 39.7 Å². The lowest BCUT2D eigenvalue weighted by molar-refractivity contribution is 0.430. The van der Waals surface area contributed by atoms with Crippen LogP contribution in [0.1, 0.15) is 45.2 Å². The first kappa shape index (κ1) is 13.9. The molecule has 2 aromatic rings. The fourth-order valence-electron chi connectivity index (χ4n) is 2.31. The molecule has 0 aliphatic heterocycles. The van der Waals surface area contributed by atoms with Gasteiger partial charge in [0.15, 0.2) is 5.58 Å². The van der Waals surface area contributed by atoms with Gasteiger partial charge in [0.25, 0.3) is 0 Å². The zero-order valence-corrected chi connectivity index (χ0v) is 11.8. The number of rotatable bonds is 6. The van der Waals surface area contributed by atoms with E-state index >= 15 is 0 Å². The molecule has 4 heteroatoms. The van der Waals surface area contributed by atoms with Crippen molar-refractivity contribution in [2.75, 3.05) is 6.54 Å². The highest BCUT2D eigenvalue weighted by atomic mass is 16.4. The third-order valence-corrected chi connectivity index (χ3v) is 3.20. The van der Waals surface area contributed by atoms with Gasteiger partial charge in [-0.25, -0.2) is 4.79 Å². The first-order valence-corrected chi connectivity index (χ1v) is 6.96. The number of aromatic amines is 1. The molecular formula is C15H22N2O2. The Kier molecular flexibility index (Phi) is 4.43. The predicted molar refractivity (Wildman–Crippen MR) is 77.3 cm³/mol. The van der Waals surface area contributed by atoms with E-state index in [1.54, 1.807) is 0 Å². The van der Waals surface area contributed by atoms with Crippen molar-refractivity contribution in [3.8, 4) is 0 Å².